The van der Waals surface area contributed by atoms with Crippen LogP contribution in [0.1, 0.15) is 24.0 Å². The number of carbonyl (C=O) groups is 1. The molecule has 0 radical (unpaired) electrons. The molecule has 2 N–H and O–H groups in total. The van der Waals surface area contributed by atoms with E-state index >= 15 is 0 Å². The lowest BCUT2D eigenvalue weighted by molar-refractivity contribution is -0.384. The van der Waals surface area contributed by atoms with Gasteiger partial charge in [-0.2, -0.15) is 0 Å². The lowest BCUT2D eigenvalue weighted by Gasteiger charge is -2.56. The SMILES string of the molecule is [N-]=[N+]=NCC[C@@]12c3cc(Cl)ccc3N[C@@H]1N(S(=O)(=O)c1ccc([N+](=O)[O-])cc1)c1cc(Br)ccc1[C@]21CCNC1=O. The van der Waals surface area contributed by atoms with E-state index in [1.807, 2.05) is 0 Å². The van der Waals surface area contributed by atoms with Gasteiger partial charge in [0.05, 0.1) is 26.3 Å². The summed E-state index contributed by atoms with van der Waals surface area (Å²) in [5, 5.41) is 21.8. The van der Waals surface area contributed by atoms with E-state index in [1.54, 1.807) is 36.4 Å². The van der Waals surface area contributed by atoms with Gasteiger partial charge in [0.15, 0.2) is 0 Å². The smallest absolute Gasteiger partial charge is 0.269 e. The van der Waals surface area contributed by atoms with Crippen LogP contribution in [0, 0.1) is 10.1 Å². The maximum atomic E-state index is 14.6. The zero-order chi connectivity index (χ0) is 29.2. The van der Waals surface area contributed by atoms with Gasteiger partial charge in [-0.1, -0.05) is 38.7 Å². The highest BCUT2D eigenvalue weighted by Crippen LogP contribution is 2.64. The topological polar surface area (TPSA) is 170 Å². The third kappa shape index (κ3) is 3.74. The average molecular weight is 659 g/mol. The van der Waals surface area contributed by atoms with E-state index in [1.165, 1.54) is 16.4 Å². The largest absolute Gasteiger partial charge is 0.363 e. The predicted molar refractivity (Wildman–Crippen MR) is 155 cm³/mol. The first-order valence-electron chi connectivity index (χ1n) is 12.5. The van der Waals surface area contributed by atoms with Crippen LogP contribution in [-0.2, 0) is 25.6 Å². The van der Waals surface area contributed by atoms with Crippen molar-refractivity contribution in [1.29, 1.82) is 0 Å². The summed E-state index contributed by atoms with van der Waals surface area (Å²) in [5.41, 5.74) is 8.40. The van der Waals surface area contributed by atoms with Crippen molar-refractivity contribution in [2.24, 2.45) is 5.11 Å². The molecule has 3 aliphatic heterocycles. The van der Waals surface area contributed by atoms with Gasteiger partial charge in [0.1, 0.15) is 6.17 Å². The van der Waals surface area contributed by atoms with E-state index in [0.717, 1.165) is 12.1 Å². The van der Waals surface area contributed by atoms with Gasteiger partial charge >= 0.3 is 0 Å². The Morgan fingerprint density at radius 2 is 1.93 bits per heavy atom. The fraction of sp³-hybridized carbons (Fsp3) is 0.269. The Balaban J connectivity index is 1.70. The molecule has 1 saturated heterocycles. The standard InChI is InChI=1S/C26H21BrClN7O5S/c27-15-1-7-19-22(13-15)34(41(39,40)18-5-3-17(4-6-18)35(37)38)23-25(10-12-31-33-29,26(19)9-11-30-24(26)36)20-14-16(28)2-8-21(20)32-23/h1-8,13-14,23,32H,9-12H2,(H,30,36)/t23-,25-,26+/m1/s1. The van der Waals surface area contributed by atoms with E-state index in [2.05, 4.69) is 36.6 Å². The second-order valence-electron chi connectivity index (χ2n) is 10.0. The molecule has 3 aliphatic rings. The van der Waals surface area contributed by atoms with Crippen molar-refractivity contribution in [2.75, 3.05) is 22.7 Å². The van der Waals surface area contributed by atoms with Crippen LogP contribution < -0.4 is 14.9 Å². The van der Waals surface area contributed by atoms with Gasteiger partial charge in [-0.25, -0.2) is 12.7 Å². The first kappa shape index (κ1) is 27.3. The Labute approximate surface area is 247 Å². The number of nitro groups is 1. The summed E-state index contributed by atoms with van der Waals surface area (Å²) in [5.74, 6) is -0.269. The van der Waals surface area contributed by atoms with Crippen molar-refractivity contribution in [2.45, 2.75) is 34.7 Å². The van der Waals surface area contributed by atoms with Crippen molar-refractivity contribution in [3.63, 3.8) is 0 Å². The molecule has 1 amide bonds. The van der Waals surface area contributed by atoms with Gasteiger partial charge < -0.3 is 10.6 Å². The number of rotatable bonds is 6. The van der Waals surface area contributed by atoms with Gasteiger partial charge in [0.2, 0.25) is 5.91 Å². The second-order valence-corrected chi connectivity index (χ2v) is 13.2. The molecule has 15 heteroatoms. The van der Waals surface area contributed by atoms with E-state index < -0.39 is 31.9 Å². The highest BCUT2D eigenvalue weighted by Gasteiger charge is 2.71. The van der Waals surface area contributed by atoms with Gasteiger partial charge in [0.25, 0.3) is 15.7 Å². The molecule has 3 heterocycles. The summed E-state index contributed by atoms with van der Waals surface area (Å²) >= 11 is 9.95. The number of fused-ring (bicyclic) bond motifs is 6. The summed E-state index contributed by atoms with van der Waals surface area (Å²) in [6, 6.07) is 15.0. The maximum Gasteiger partial charge on any atom is 0.269 e. The van der Waals surface area contributed by atoms with Crippen LogP contribution in [0.2, 0.25) is 5.02 Å². The predicted octanol–water partition coefficient (Wildman–Crippen LogP) is 5.37. The number of anilines is 2. The highest BCUT2D eigenvalue weighted by atomic mass is 79.9. The number of sulfonamides is 1. The summed E-state index contributed by atoms with van der Waals surface area (Å²) in [7, 11) is -4.39. The lowest BCUT2D eigenvalue weighted by Crippen LogP contribution is -2.68. The fourth-order valence-corrected chi connectivity index (χ4v) is 8.92. The molecule has 3 atom stereocenters. The van der Waals surface area contributed by atoms with Crippen molar-refractivity contribution < 1.29 is 18.1 Å². The van der Waals surface area contributed by atoms with Crippen molar-refractivity contribution in [1.82, 2.24) is 5.32 Å². The number of azide groups is 1. The number of carbonyl (C=O) groups excluding carboxylic acids is 1. The second kappa shape index (κ2) is 9.62. The van der Waals surface area contributed by atoms with Gasteiger partial charge in [0, 0.05) is 45.3 Å². The average Bonchev–Trinajstić information content (AvgIpc) is 3.48. The van der Waals surface area contributed by atoms with E-state index in [-0.39, 0.29) is 35.1 Å². The zero-order valence-electron chi connectivity index (χ0n) is 21.1. The number of halogens is 2. The highest BCUT2D eigenvalue weighted by molar-refractivity contribution is 9.10. The Morgan fingerprint density at radius 1 is 1.17 bits per heavy atom. The number of nitrogens with zero attached hydrogens (tertiary/aromatic N) is 5. The van der Waals surface area contributed by atoms with Crippen LogP contribution in [0.25, 0.3) is 10.4 Å². The number of nitrogens with one attached hydrogen (secondary N) is 2. The minimum absolute atomic E-state index is 0.0209. The summed E-state index contributed by atoms with van der Waals surface area (Å²) < 4.78 is 30.9. The molecule has 210 valence electrons. The maximum absolute atomic E-state index is 14.6. The summed E-state index contributed by atoms with van der Waals surface area (Å²) in [6.07, 6.45) is -0.570. The minimum atomic E-state index is -4.39. The molecule has 6 rings (SSSR count). The molecule has 3 aromatic rings. The number of amides is 1. The summed E-state index contributed by atoms with van der Waals surface area (Å²) in [4.78, 5) is 27.5. The van der Waals surface area contributed by atoms with Crippen molar-refractivity contribution in [3.8, 4) is 0 Å². The van der Waals surface area contributed by atoms with Crippen molar-refractivity contribution in [3.05, 3.63) is 102 Å². The first-order chi connectivity index (χ1) is 19.6. The number of nitro benzene ring substituents is 1. The molecular formula is C26H21BrClN7O5S. The van der Waals surface area contributed by atoms with Crippen LogP contribution in [0.3, 0.4) is 0 Å². The monoisotopic (exact) mass is 657 g/mol. The molecule has 1 spiro atoms. The molecule has 3 aromatic carbocycles. The fourth-order valence-electron chi connectivity index (χ4n) is 6.77. The van der Waals surface area contributed by atoms with Crippen LogP contribution in [0.5, 0.6) is 0 Å². The molecule has 0 unspecified atom stereocenters. The van der Waals surface area contributed by atoms with Crippen molar-refractivity contribution >= 4 is 60.5 Å². The number of hydrogen-bond acceptors (Lipinski definition) is 7. The van der Waals surface area contributed by atoms with E-state index in [9.17, 15) is 23.3 Å². The molecule has 0 aliphatic carbocycles. The Bertz CT molecular complexity index is 1780. The Morgan fingerprint density at radius 3 is 2.59 bits per heavy atom. The molecular weight excluding hydrogens is 638 g/mol. The van der Waals surface area contributed by atoms with Crippen LogP contribution >= 0.6 is 27.5 Å². The van der Waals surface area contributed by atoms with Gasteiger partial charge in [-0.15, -0.1) is 0 Å². The molecule has 0 bridgehead atoms. The van der Waals surface area contributed by atoms with Crippen LogP contribution in [0.4, 0.5) is 17.1 Å². The molecule has 0 saturated carbocycles. The zero-order valence-corrected chi connectivity index (χ0v) is 24.3. The minimum Gasteiger partial charge on any atom is -0.363 e. The van der Waals surface area contributed by atoms with Gasteiger partial charge in [-0.05, 0) is 72.0 Å². The van der Waals surface area contributed by atoms with E-state index in [4.69, 9.17) is 17.1 Å². The summed E-state index contributed by atoms with van der Waals surface area (Å²) in [6.45, 7) is 0.336. The number of benzene rings is 3. The van der Waals surface area contributed by atoms with Crippen LogP contribution in [-0.4, -0.2) is 38.5 Å². The Hall–Kier alpha value is -3.84. The number of hydrogen-bond donors (Lipinski definition) is 2. The Kier molecular flexibility index (Phi) is 6.42. The first-order valence-corrected chi connectivity index (χ1v) is 15.1. The molecule has 0 aromatic heterocycles. The molecule has 41 heavy (non-hydrogen) atoms. The van der Waals surface area contributed by atoms with E-state index in [0.29, 0.717) is 39.3 Å². The number of non-ortho nitro benzene ring substituents is 1. The molecule has 1 fully saturated rings. The molecule has 12 nitrogen and oxygen atoms in total. The third-order valence-corrected chi connectivity index (χ3v) is 10.8. The lowest BCUT2D eigenvalue weighted by atomic mass is 9.52. The third-order valence-electron chi connectivity index (χ3n) is 8.32. The quantitative estimate of drug-likeness (QED) is 0.119. The normalized spacial score (nSPS) is 24.1. The van der Waals surface area contributed by atoms with Gasteiger partial charge in [-0.3, -0.25) is 14.9 Å². The van der Waals surface area contributed by atoms with Crippen LogP contribution in [0.15, 0.2) is 75.1 Å².